The molecule has 0 aromatic rings. The molecule has 2 aliphatic heterocycles. The van der Waals surface area contributed by atoms with Crippen molar-refractivity contribution >= 4 is 0 Å². The van der Waals surface area contributed by atoms with Gasteiger partial charge in [-0.15, -0.1) is 0 Å². The molecule has 0 aromatic carbocycles. The molecule has 0 atom stereocenters. The highest BCUT2D eigenvalue weighted by Crippen LogP contribution is 2.39. The summed E-state index contributed by atoms with van der Waals surface area (Å²) < 4.78 is 5.39. The summed E-state index contributed by atoms with van der Waals surface area (Å²) >= 11 is 0. The van der Waals surface area contributed by atoms with Crippen LogP contribution in [-0.4, -0.2) is 43.3 Å². The molecule has 2 saturated heterocycles. The smallest absolute Gasteiger partial charge is 0.0472 e. The Kier molecular flexibility index (Phi) is 2.58. The summed E-state index contributed by atoms with van der Waals surface area (Å²) in [6.45, 7) is 9.60. The van der Waals surface area contributed by atoms with Crippen molar-refractivity contribution in [2.45, 2.75) is 32.2 Å². The second-order valence-corrected chi connectivity index (χ2v) is 5.75. The van der Waals surface area contributed by atoms with E-state index in [9.17, 15) is 0 Å². The molecule has 2 rings (SSSR count). The third kappa shape index (κ3) is 2.27. The summed E-state index contributed by atoms with van der Waals surface area (Å²) in [4.78, 5) is 2.48. The van der Waals surface area contributed by atoms with Gasteiger partial charge in [-0.1, -0.05) is 0 Å². The van der Waals surface area contributed by atoms with Crippen molar-refractivity contribution in [1.82, 2.24) is 4.90 Å². The molecule has 3 nitrogen and oxygen atoms in total. The molecule has 2 aliphatic rings. The van der Waals surface area contributed by atoms with E-state index in [0.29, 0.717) is 5.41 Å². The van der Waals surface area contributed by atoms with Crippen molar-refractivity contribution in [1.29, 1.82) is 0 Å². The van der Waals surface area contributed by atoms with Crippen molar-refractivity contribution in [2.24, 2.45) is 11.1 Å². The van der Waals surface area contributed by atoms with Crippen LogP contribution in [0.3, 0.4) is 0 Å². The van der Waals surface area contributed by atoms with Crippen LogP contribution in [0.25, 0.3) is 0 Å². The van der Waals surface area contributed by atoms with E-state index in [1.165, 1.54) is 25.9 Å². The maximum Gasteiger partial charge on any atom is 0.0472 e. The van der Waals surface area contributed by atoms with Gasteiger partial charge in [0.1, 0.15) is 0 Å². The van der Waals surface area contributed by atoms with Gasteiger partial charge in [-0.2, -0.15) is 0 Å². The molecule has 14 heavy (non-hydrogen) atoms. The molecule has 0 aliphatic carbocycles. The van der Waals surface area contributed by atoms with Crippen LogP contribution in [0.1, 0.15) is 26.7 Å². The van der Waals surface area contributed by atoms with Gasteiger partial charge in [0, 0.05) is 43.8 Å². The highest BCUT2D eigenvalue weighted by Gasteiger charge is 2.44. The van der Waals surface area contributed by atoms with Crippen LogP contribution in [0.5, 0.6) is 0 Å². The van der Waals surface area contributed by atoms with Crippen molar-refractivity contribution < 1.29 is 4.74 Å². The zero-order chi connectivity index (χ0) is 10.2. The molecule has 82 valence electrons. The average molecular weight is 198 g/mol. The third-order valence-electron chi connectivity index (χ3n) is 3.30. The monoisotopic (exact) mass is 198 g/mol. The van der Waals surface area contributed by atoms with E-state index in [1.54, 1.807) is 0 Å². The number of ether oxygens (including phenoxy) is 1. The van der Waals surface area contributed by atoms with Crippen LogP contribution in [0, 0.1) is 5.41 Å². The predicted octanol–water partition coefficient (Wildman–Crippen LogP) is 0.836. The molecule has 2 fully saturated rings. The van der Waals surface area contributed by atoms with E-state index in [0.717, 1.165) is 19.8 Å². The lowest BCUT2D eigenvalue weighted by Crippen LogP contribution is -2.62. The SMILES string of the molecule is CC(C)(N)CN1CC2(CCOCC2)C1. The lowest BCUT2D eigenvalue weighted by atomic mass is 9.73. The van der Waals surface area contributed by atoms with E-state index in [2.05, 4.69) is 18.7 Å². The molecule has 0 aromatic heterocycles. The summed E-state index contributed by atoms with van der Waals surface area (Å²) in [6, 6.07) is 0. The average Bonchev–Trinajstić information content (AvgIpc) is 2.00. The Bertz CT molecular complexity index is 196. The Morgan fingerprint density at radius 2 is 1.86 bits per heavy atom. The van der Waals surface area contributed by atoms with Crippen LogP contribution >= 0.6 is 0 Å². The van der Waals surface area contributed by atoms with Gasteiger partial charge in [-0.3, -0.25) is 0 Å². The zero-order valence-electron chi connectivity index (χ0n) is 9.38. The Morgan fingerprint density at radius 1 is 1.29 bits per heavy atom. The first-order valence-electron chi connectivity index (χ1n) is 5.58. The summed E-state index contributed by atoms with van der Waals surface area (Å²) in [7, 11) is 0. The maximum atomic E-state index is 6.00. The number of nitrogens with zero attached hydrogens (tertiary/aromatic N) is 1. The lowest BCUT2D eigenvalue weighted by molar-refractivity contribution is -0.0851. The number of nitrogens with two attached hydrogens (primary N) is 1. The van der Waals surface area contributed by atoms with Crippen LogP contribution in [0.15, 0.2) is 0 Å². The summed E-state index contributed by atoms with van der Waals surface area (Å²) in [5.74, 6) is 0. The minimum absolute atomic E-state index is 0.0488. The van der Waals surface area contributed by atoms with Crippen LogP contribution in [-0.2, 0) is 4.74 Å². The molecule has 2 N–H and O–H groups in total. The van der Waals surface area contributed by atoms with Crippen LogP contribution < -0.4 is 5.73 Å². The molecule has 1 spiro atoms. The molecular formula is C11H22N2O. The van der Waals surface area contributed by atoms with Gasteiger partial charge in [0.25, 0.3) is 0 Å². The second kappa shape index (κ2) is 3.47. The van der Waals surface area contributed by atoms with Gasteiger partial charge in [0.05, 0.1) is 0 Å². The normalized spacial score (nSPS) is 27.6. The Hall–Kier alpha value is -0.120. The van der Waals surface area contributed by atoms with Crippen molar-refractivity contribution in [3.8, 4) is 0 Å². The van der Waals surface area contributed by atoms with E-state index in [1.807, 2.05) is 0 Å². The van der Waals surface area contributed by atoms with E-state index in [-0.39, 0.29) is 5.54 Å². The fraction of sp³-hybridized carbons (Fsp3) is 1.00. The largest absolute Gasteiger partial charge is 0.381 e. The van der Waals surface area contributed by atoms with E-state index >= 15 is 0 Å². The quantitative estimate of drug-likeness (QED) is 0.714. The van der Waals surface area contributed by atoms with Crippen LogP contribution in [0.2, 0.25) is 0 Å². The van der Waals surface area contributed by atoms with E-state index < -0.39 is 0 Å². The molecule has 0 unspecified atom stereocenters. The lowest BCUT2D eigenvalue weighted by Gasteiger charge is -2.53. The summed E-state index contributed by atoms with van der Waals surface area (Å²) in [6.07, 6.45) is 2.49. The topological polar surface area (TPSA) is 38.5 Å². The van der Waals surface area contributed by atoms with Crippen LogP contribution in [0.4, 0.5) is 0 Å². The Morgan fingerprint density at radius 3 is 2.36 bits per heavy atom. The minimum Gasteiger partial charge on any atom is -0.381 e. The molecule has 0 radical (unpaired) electrons. The molecular weight excluding hydrogens is 176 g/mol. The highest BCUT2D eigenvalue weighted by molar-refractivity contribution is 4.98. The molecule has 0 bridgehead atoms. The maximum absolute atomic E-state index is 6.00. The third-order valence-corrected chi connectivity index (χ3v) is 3.30. The molecule has 3 heteroatoms. The standard InChI is InChI=1S/C11H22N2O/c1-10(2,12)7-13-8-11(9-13)3-5-14-6-4-11/h3-9,12H2,1-2H3. The first kappa shape index (κ1) is 10.4. The number of hydrogen-bond acceptors (Lipinski definition) is 3. The molecule has 0 amide bonds. The number of rotatable bonds is 2. The van der Waals surface area contributed by atoms with Crippen molar-refractivity contribution in [3.05, 3.63) is 0 Å². The summed E-state index contributed by atoms with van der Waals surface area (Å²) in [5, 5.41) is 0. The Balaban J connectivity index is 1.78. The van der Waals surface area contributed by atoms with Gasteiger partial charge in [0.15, 0.2) is 0 Å². The fourth-order valence-electron chi connectivity index (χ4n) is 2.71. The number of hydrogen-bond donors (Lipinski definition) is 1. The van der Waals surface area contributed by atoms with Gasteiger partial charge in [-0.25, -0.2) is 0 Å². The number of likely N-dealkylation sites (tertiary alicyclic amines) is 1. The van der Waals surface area contributed by atoms with Crippen molar-refractivity contribution in [3.63, 3.8) is 0 Å². The van der Waals surface area contributed by atoms with Crippen molar-refractivity contribution in [2.75, 3.05) is 32.8 Å². The van der Waals surface area contributed by atoms with Gasteiger partial charge < -0.3 is 15.4 Å². The Labute approximate surface area is 86.6 Å². The van der Waals surface area contributed by atoms with Gasteiger partial charge in [-0.05, 0) is 26.7 Å². The first-order chi connectivity index (χ1) is 6.49. The zero-order valence-corrected chi connectivity index (χ0v) is 9.38. The predicted molar refractivity (Wildman–Crippen MR) is 57.2 cm³/mol. The molecule has 2 heterocycles. The van der Waals surface area contributed by atoms with Gasteiger partial charge in [0.2, 0.25) is 0 Å². The van der Waals surface area contributed by atoms with Gasteiger partial charge >= 0.3 is 0 Å². The fourth-order valence-corrected chi connectivity index (χ4v) is 2.71. The summed E-state index contributed by atoms with van der Waals surface area (Å²) in [5.41, 5.74) is 6.54. The minimum atomic E-state index is -0.0488. The molecule has 0 saturated carbocycles. The second-order valence-electron chi connectivity index (χ2n) is 5.75. The van der Waals surface area contributed by atoms with E-state index in [4.69, 9.17) is 10.5 Å². The first-order valence-corrected chi connectivity index (χ1v) is 5.58. The highest BCUT2D eigenvalue weighted by atomic mass is 16.5.